The molecule has 0 spiro atoms. The van der Waals surface area contributed by atoms with E-state index in [4.69, 9.17) is 9.47 Å². The third-order valence-electron chi connectivity index (χ3n) is 2.65. The van der Waals surface area contributed by atoms with Gasteiger partial charge in [-0.2, -0.15) is 0 Å². The van der Waals surface area contributed by atoms with Crippen LogP contribution in [0.3, 0.4) is 0 Å². The van der Waals surface area contributed by atoms with Crippen LogP contribution in [0.25, 0.3) is 0 Å². The fourth-order valence-corrected chi connectivity index (χ4v) is 1.93. The van der Waals surface area contributed by atoms with Crippen molar-refractivity contribution >= 4 is 17.9 Å². The predicted molar refractivity (Wildman–Crippen MR) is 44.2 cm³/mol. The van der Waals surface area contributed by atoms with Gasteiger partial charge in [0.25, 0.3) is 0 Å². The van der Waals surface area contributed by atoms with E-state index < -0.39 is 36.0 Å². The Bertz CT molecular complexity index is 323. The Morgan fingerprint density at radius 3 is 2.47 bits per heavy atom. The van der Waals surface area contributed by atoms with Crippen LogP contribution in [0.15, 0.2) is 0 Å². The molecule has 0 amide bonds. The van der Waals surface area contributed by atoms with Crippen molar-refractivity contribution in [3.8, 4) is 0 Å². The van der Waals surface area contributed by atoms with Crippen LogP contribution in [0.2, 0.25) is 0 Å². The minimum Gasteiger partial charge on any atom is -0.435 e. The minimum absolute atomic E-state index is 0. The van der Waals surface area contributed by atoms with Gasteiger partial charge >= 0.3 is 17.9 Å². The summed E-state index contributed by atoms with van der Waals surface area (Å²) in [6, 6.07) is 0. The molecule has 2 heterocycles. The standard InChI is InChI=1S/C9H10O6/c1-13-9-5(3-7(11)15-9)4-2-6(10)14-8(4)12/h4-5,9H,2-3H2,1H3. The van der Waals surface area contributed by atoms with Crippen molar-refractivity contribution in [1.29, 1.82) is 0 Å². The second kappa shape index (κ2) is 3.62. The minimum atomic E-state index is -0.749. The van der Waals surface area contributed by atoms with E-state index in [1.807, 2.05) is 0 Å². The largest absolute Gasteiger partial charge is 0.435 e. The molecule has 2 aliphatic rings. The van der Waals surface area contributed by atoms with Crippen molar-refractivity contribution in [2.24, 2.45) is 11.8 Å². The Morgan fingerprint density at radius 1 is 1.20 bits per heavy atom. The molecule has 0 aromatic carbocycles. The Labute approximate surface area is 85.5 Å². The van der Waals surface area contributed by atoms with Crippen LogP contribution < -0.4 is 0 Å². The molecule has 0 saturated carbocycles. The molecule has 0 radical (unpaired) electrons. The maximum atomic E-state index is 11.3. The van der Waals surface area contributed by atoms with Crippen molar-refractivity contribution in [3.05, 3.63) is 0 Å². The lowest BCUT2D eigenvalue weighted by Gasteiger charge is -2.17. The van der Waals surface area contributed by atoms with E-state index >= 15 is 0 Å². The van der Waals surface area contributed by atoms with Crippen molar-refractivity contribution in [2.75, 3.05) is 7.11 Å². The topological polar surface area (TPSA) is 78.9 Å². The molecular weight excluding hydrogens is 204 g/mol. The van der Waals surface area contributed by atoms with E-state index in [0.29, 0.717) is 0 Å². The van der Waals surface area contributed by atoms with E-state index in [2.05, 4.69) is 4.74 Å². The normalized spacial score (nSPS) is 35.5. The highest BCUT2D eigenvalue weighted by Crippen LogP contribution is 2.35. The highest BCUT2D eigenvalue weighted by molar-refractivity contribution is 5.95. The lowest BCUT2D eigenvalue weighted by Crippen LogP contribution is -2.28. The molecule has 3 unspecified atom stereocenters. The first-order valence-electron chi connectivity index (χ1n) is 4.58. The van der Waals surface area contributed by atoms with Crippen LogP contribution in [0.5, 0.6) is 0 Å². The van der Waals surface area contributed by atoms with E-state index in [1.54, 1.807) is 0 Å². The number of methoxy groups -OCH3 is 1. The second-order valence-electron chi connectivity index (χ2n) is 3.57. The van der Waals surface area contributed by atoms with Gasteiger partial charge in [0.05, 0.1) is 18.8 Å². The second-order valence-corrected chi connectivity index (χ2v) is 3.57. The number of ether oxygens (including phenoxy) is 3. The van der Waals surface area contributed by atoms with E-state index in [9.17, 15) is 14.4 Å². The molecule has 3 atom stereocenters. The van der Waals surface area contributed by atoms with Gasteiger partial charge in [-0.3, -0.25) is 14.4 Å². The first-order valence-corrected chi connectivity index (χ1v) is 4.58. The van der Waals surface area contributed by atoms with Gasteiger partial charge < -0.3 is 14.2 Å². The molecule has 6 heteroatoms. The SMILES string of the molecule is COC1OC(=O)CC1C1CC(=O)OC1=O. The number of carbonyl (C=O) groups excluding carboxylic acids is 3. The molecule has 2 rings (SSSR count). The van der Waals surface area contributed by atoms with Crippen molar-refractivity contribution in [3.63, 3.8) is 0 Å². The Morgan fingerprint density at radius 2 is 1.93 bits per heavy atom. The average Bonchev–Trinajstić information content (AvgIpc) is 2.69. The molecule has 2 aliphatic heterocycles. The average molecular weight is 214 g/mol. The van der Waals surface area contributed by atoms with Gasteiger partial charge in [0, 0.05) is 13.0 Å². The van der Waals surface area contributed by atoms with Gasteiger partial charge in [0.15, 0.2) is 0 Å². The number of carbonyl (C=O) groups is 3. The summed E-state index contributed by atoms with van der Waals surface area (Å²) in [5, 5.41) is 0. The smallest absolute Gasteiger partial charge is 0.317 e. The maximum Gasteiger partial charge on any atom is 0.317 e. The number of cyclic esters (lactones) is 3. The number of esters is 3. The van der Waals surface area contributed by atoms with Crippen molar-refractivity contribution in [2.45, 2.75) is 19.1 Å². The Balaban J connectivity index is 2.13. The summed E-state index contributed by atoms with van der Waals surface area (Å²) in [5.41, 5.74) is 0. The third-order valence-corrected chi connectivity index (χ3v) is 2.65. The Kier molecular flexibility index (Phi) is 2.44. The molecule has 0 aliphatic carbocycles. The zero-order chi connectivity index (χ0) is 11.0. The third kappa shape index (κ3) is 1.72. The van der Waals surface area contributed by atoms with Crippen LogP contribution in [-0.2, 0) is 28.6 Å². The van der Waals surface area contributed by atoms with Crippen LogP contribution >= 0.6 is 0 Å². The maximum absolute atomic E-state index is 11.3. The van der Waals surface area contributed by atoms with Crippen LogP contribution in [0.4, 0.5) is 0 Å². The summed E-state index contributed by atoms with van der Waals surface area (Å²) in [7, 11) is 1.39. The monoisotopic (exact) mass is 214 g/mol. The van der Waals surface area contributed by atoms with E-state index in [0.717, 1.165) is 0 Å². The molecule has 15 heavy (non-hydrogen) atoms. The number of hydrogen-bond donors (Lipinski definition) is 0. The molecule has 0 aromatic heterocycles. The molecule has 0 aromatic rings. The fourth-order valence-electron chi connectivity index (χ4n) is 1.93. The summed E-state index contributed by atoms with van der Waals surface area (Å²) in [5.74, 6) is -2.60. The fraction of sp³-hybridized carbons (Fsp3) is 0.667. The van der Waals surface area contributed by atoms with Crippen molar-refractivity contribution in [1.82, 2.24) is 0 Å². The van der Waals surface area contributed by atoms with Crippen LogP contribution in [-0.4, -0.2) is 31.3 Å². The lowest BCUT2D eigenvalue weighted by molar-refractivity contribution is -0.166. The van der Waals surface area contributed by atoms with Crippen molar-refractivity contribution < 1.29 is 28.6 Å². The lowest BCUT2D eigenvalue weighted by atomic mass is 9.89. The zero-order valence-electron chi connectivity index (χ0n) is 8.10. The van der Waals surface area contributed by atoms with Crippen LogP contribution in [0, 0.1) is 11.8 Å². The summed E-state index contributed by atoms with van der Waals surface area (Å²) in [6.07, 6.45) is -0.660. The Hall–Kier alpha value is -1.43. The summed E-state index contributed by atoms with van der Waals surface area (Å²) >= 11 is 0. The van der Waals surface area contributed by atoms with E-state index in [-0.39, 0.29) is 12.8 Å². The van der Waals surface area contributed by atoms with Gasteiger partial charge in [0.2, 0.25) is 6.29 Å². The van der Waals surface area contributed by atoms with Gasteiger partial charge in [-0.05, 0) is 0 Å². The molecule has 2 fully saturated rings. The summed E-state index contributed by atoms with van der Waals surface area (Å²) in [6.45, 7) is 0. The van der Waals surface area contributed by atoms with E-state index in [1.165, 1.54) is 7.11 Å². The first-order chi connectivity index (χ1) is 7.11. The molecule has 6 nitrogen and oxygen atoms in total. The zero-order valence-corrected chi connectivity index (χ0v) is 8.10. The summed E-state index contributed by atoms with van der Waals surface area (Å²) < 4.78 is 14.2. The van der Waals surface area contributed by atoms with Gasteiger partial charge in [-0.25, -0.2) is 0 Å². The molecule has 82 valence electrons. The highest BCUT2D eigenvalue weighted by Gasteiger charge is 2.48. The van der Waals surface area contributed by atoms with Gasteiger partial charge in [-0.1, -0.05) is 0 Å². The summed E-state index contributed by atoms with van der Waals surface area (Å²) in [4.78, 5) is 33.2. The first kappa shape index (κ1) is 10.1. The number of rotatable bonds is 2. The highest BCUT2D eigenvalue weighted by atomic mass is 16.7. The van der Waals surface area contributed by atoms with Gasteiger partial charge in [0.1, 0.15) is 0 Å². The quantitative estimate of drug-likeness (QED) is 0.460. The predicted octanol–water partition coefficient (Wildman–Crippen LogP) is -0.388. The molecule has 2 saturated heterocycles. The van der Waals surface area contributed by atoms with Crippen LogP contribution in [0.1, 0.15) is 12.8 Å². The molecule has 0 N–H and O–H groups in total. The molecule has 0 bridgehead atoms. The number of hydrogen-bond acceptors (Lipinski definition) is 6. The molecular formula is C9H10O6. The van der Waals surface area contributed by atoms with Gasteiger partial charge in [-0.15, -0.1) is 0 Å².